The molecule has 0 spiro atoms. The van der Waals surface area contributed by atoms with Crippen molar-refractivity contribution in [2.75, 3.05) is 0 Å². The van der Waals surface area contributed by atoms with Gasteiger partial charge in [0.1, 0.15) is 0 Å². The molecule has 0 nitrogen and oxygen atoms in total. The number of benzene rings is 6. The molecule has 0 heterocycles. The molecule has 0 aliphatic rings. The van der Waals surface area contributed by atoms with Crippen molar-refractivity contribution in [2.24, 2.45) is 0 Å². The van der Waals surface area contributed by atoms with Crippen LogP contribution in [-0.2, 0) is 0 Å². The molecule has 0 aromatic heterocycles. The van der Waals surface area contributed by atoms with Crippen molar-refractivity contribution in [1.29, 1.82) is 0 Å². The van der Waals surface area contributed by atoms with Gasteiger partial charge in [-0.25, -0.2) is 0 Å². The zero-order valence-corrected chi connectivity index (χ0v) is 35.9. The summed E-state index contributed by atoms with van der Waals surface area (Å²) in [7, 11) is 0. The van der Waals surface area contributed by atoms with Gasteiger partial charge in [0.25, 0.3) is 0 Å². The molecule has 6 rings (SSSR count). The number of hydrogen-bond donors (Lipinski definition) is 0. The van der Waals surface area contributed by atoms with Crippen molar-refractivity contribution < 1.29 is 0 Å². The Labute approximate surface area is 257 Å². The van der Waals surface area contributed by atoms with Crippen molar-refractivity contribution in [3.63, 3.8) is 0 Å². The van der Waals surface area contributed by atoms with Crippen molar-refractivity contribution in [3.05, 3.63) is 182 Å². The van der Waals surface area contributed by atoms with Crippen LogP contribution < -0.4 is 26.4 Å². The first kappa shape index (κ1) is 29.0. The van der Waals surface area contributed by atoms with E-state index in [1.807, 2.05) is 0 Å². The molecule has 4 heteroatoms. The van der Waals surface area contributed by atoms with Gasteiger partial charge in [-0.3, -0.25) is 0 Å². The molecule has 0 amide bonds. The summed E-state index contributed by atoms with van der Waals surface area (Å²) in [5.74, 6) is 0. The maximum absolute atomic E-state index is 3.55. The SMILES string of the molecule is [GeH3][GeH3].c1cc[c]([Ge]([c]2ccccc2)([c]2ccccc2)[Ge]([c]2ccccc2)([c]2ccccc2)[c]2ccccc2)cc1. The first-order valence-corrected chi connectivity index (χ1v) is 53.0. The Morgan fingerprint density at radius 2 is 0.350 bits per heavy atom. The van der Waals surface area contributed by atoms with Gasteiger partial charge in [0, 0.05) is 0 Å². The predicted octanol–water partition coefficient (Wildman–Crippen LogP) is 2.04. The summed E-state index contributed by atoms with van der Waals surface area (Å²) in [6.07, 6.45) is 0. The standard InChI is InChI=1S/C36H30Ge2.Ge2H6/c1-7-19-31(20-8-1)37(32-21-9-2-10-22-32,33-23-11-3-12-24-33)38(34-25-13-4-14-26-34,35-27-15-5-16-28-35)36-29-17-6-18-30-36;1-2/h1-30H;1-2H3. The van der Waals surface area contributed by atoms with Gasteiger partial charge in [0.15, 0.2) is 0 Å². The Kier molecular flexibility index (Phi) is 10.1. The molecule has 0 bridgehead atoms. The molecule has 40 heavy (non-hydrogen) atoms. The van der Waals surface area contributed by atoms with Gasteiger partial charge in [-0.2, -0.15) is 0 Å². The second kappa shape index (κ2) is 13.9. The molecule has 6 aromatic carbocycles. The summed E-state index contributed by atoms with van der Waals surface area (Å²) in [5.41, 5.74) is 0. The van der Waals surface area contributed by atoms with Gasteiger partial charge in [-0.15, -0.1) is 0 Å². The summed E-state index contributed by atoms with van der Waals surface area (Å²) in [6, 6.07) is 69.0. The summed E-state index contributed by atoms with van der Waals surface area (Å²) in [5, 5.41) is 0. The summed E-state index contributed by atoms with van der Waals surface area (Å²) in [6.45, 7) is 0. The average Bonchev–Trinajstić information content (AvgIpc) is 3.07. The Bertz CT molecular complexity index is 1260. The van der Waals surface area contributed by atoms with Crippen LogP contribution in [0.2, 0.25) is 0 Å². The van der Waals surface area contributed by atoms with E-state index in [1.54, 1.807) is 0 Å². The van der Waals surface area contributed by atoms with Crippen molar-refractivity contribution in [2.45, 2.75) is 0 Å². The molecule has 0 atom stereocenters. The Hall–Kier alpha value is -2.51. The third-order valence-corrected chi connectivity index (χ3v) is 56.4. The second-order valence-corrected chi connectivity index (χ2v) is 39.6. The monoisotopic (exact) mass is 764 g/mol. The normalized spacial score (nSPS) is 11.4. The maximum atomic E-state index is 2.43. The van der Waals surface area contributed by atoms with Crippen LogP contribution in [0.4, 0.5) is 0 Å². The minimum atomic E-state index is -3.55. The van der Waals surface area contributed by atoms with Crippen LogP contribution >= 0.6 is 0 Å². The van der Waals surface area contributed by atoms with E-state index in [0.717, 1.165) is 0 Å². The van der Waals surface area contributed by atoms with E-state index in [0.29, 0.717) is 0 Å². The van der Waals surface area contributed by atoms with E-state index >= 15 is 0 Å². The van der Waals surface area contributed by atoms with E-state index in [2.05, 4.69) is 182 Å². The van der Waals surface area contributed by atoms with Gasteiger partial charge < -0.3 is 0 Å². The molecule has 6 aromatic rings. The summed E-state index contributed by atoms with van der Waals surface area (Å²) >= 11 is -4.61. The molecule has 0 unspecified atom stereocenters. The number of hydrogen-bond acceptors (Lipinski definition) is 0. The van der Waals surface area contributed by atoms with Crippen LogP contribution in [-0.4, -0.2) is 51.7 Å². The Morgan fingerprint density at radius 3 is 0.475 bits per heavy atom. The van der Waals surface area contributed by atoms with Gasteiger partial charge in [0.2, 0.25) is 0 Å². The fraction of sp³-hybridized carbons (Fsp3) is 0. The summed E-state index contributed by atoms with van der Waals surface area (Å²) < 4.78 is 9.09. The third kappa shape index (κ3) is 5.16. The van der Waals surface area contributed by atoms with Crippen LogP contribution in [0.3, 0.4) is 0 Å². The molecular weight excluding hydrogens is 723 g/mol. The van der Waals surface area contributed by atoms with Gasteiger partial charge in [0.05, 0.1) is 0 Å². The van der Waals surface area contributed by atoms with Crippen molar-refractivity contribution in [3.8, 4) is 0 Å². The van der Waals surface area contributed by atoms with Gasteiger partial charge in [-0.05, 0) is 0 Å². The van der Waals surface area contributed by atoms with Crippen LogP contribution in [0.1, 0.15) is 0 Å². The van der Waals surface area contributed by atoms with Crippen LogP contribution in [0.15, 0.2) is 182 Å². The zero-order valence-electron chi connectivity index (χ0n) is 23.3. The zero-order chi connectivity index (χ0) is 27.7. The first-order valence-electron chi connectivity index (χ1n) is 14.2. The number of rotatable bonds is 7. The quantitative estimate of drug-likeness (QED) is 0.219. The predicted molar refractivity (Wildman–Crippen MR) is 188 cm³/mol. The van der Waals surface area contributed by atoms with E-state index in [1.165, 1.54) is 55.5 Å². The Morgan fingerprint density at radius 1 is 0.225 bits per heavy atom. The van der Waals surface area contributed by atoms with E-state index in [9.17, 15) is 0 Å². The molecule has 196 valence electrons. The Balaban J connectivity index is 0.00000158. The van der Waals surface area contributed by atoms with E-state index in [4.69, 9.17) is 0 Å². The molecule has 0 radical (unpaired) electrons. The van der Waals surface area contributed by atoms with E-state index in [-0.39, 0.29) is 0 Å². The molecule has 0 aliphatic carbocycles. The molecule has 0 N–H and O–H groups in total. The fourth-order valence-corrected chi connectivity index (χ4v) is 64.0. The molecular formula is C36H36Ge4. The van der Waals surface area contributed by atoms with Crippen LogP contribution in [0.25, 0.3) is 0 Å². The van der Waals surface area contributed by atoms with Gasteiger partial charge >= 0.3 is 260 Å². The molecule has 0 saturated carbocycles. The van der Waals surface area contributed by atoms with Crippen molar-refractivity contribution in [1.82, 2.24) is 0 Å². The average molecular weight is 759 g/mol. The summed E-state index contributed by atoms with van der Waals surface area (Å²) in [4.78, 5) is 0. The second-order valence-electron chi connectivity index (χ2n) is 9.70. The fourth-order valence-electron chi connectivity index (χ4n) is 6.43. The third-order valence-electron chi connectivity index (χ3n) is 7.80. The molecule has 0 fully saturated rings. The first-order chi connectivity index (χ1) is 19.9. The van der Waals surface area contributed by atoms with E-state index < -0.39 is 22.6 Å². The topological polar surface area (TPSA) is 0 Å². The van der Waals surface area contributed by atoms with Crippen LogP contribution in [0.5, 0.6) is 0 Å². The van der Waals surface area contributed by atoms with Crippen LogP contribution in [0, 0.1) is 0 Å². The van der Waals surface area contributed by atoms with Crippen molar-refractivity contribution >= 4 is 78.1 Å². The van der Waals surface area contributed by atoms with Gasteiger partial charge in [-0.1, -0.05) is 0 Å². The minimum absolute atomic E-state index is 1.25. The molecule has 0 aliphatic heterocycles. The molecule has 0 saturated heterocycles.